The highest BCUT2D eigenvalue weighted by Gasteiger charge is 2.06. The van der Waals surface area contributed by atoms with E-state index >= 15 is 0 Å². The summed E-state index contributed by atoms with van der Waals surface area (Å²) < 4.78 is 10.8. The first-order chi connectivity index (χ1) is 11.2. The van der Waals surface area contributed by atoms with Crippen LogP contribution in [0.4, 0.5) is 5.13 Å². The predicted molar refractivity (Wildman–Crippen MR) is 89.7 cm³/mol. The zero-order valence-corrected chi connectivity index (χ0v) is 13.5. The van der Waals surface area contributed by atoms with Gasteiger partial charge in [-0.25, -0.2) is 0 Å². The van der Waals surface area contributed by atoms with E-state index in [1.807, 2.05) is 31.2 Å². The molecular formula is C16H15N3O3S. The Bertz CT molecular complexity index is 866. The Hall–Kier alpha value is -2.67. The number of methoxy groups -OCH3 is 1. The number of ether oxygens (including phenoxy) is 1. The van der Waals surface area contributed by atoms with Crippen molar-refractivity contribution < 1.29 is 13.9 Å². The Morgan fingerprint density at radius 3 is 3.00 bits per heavy atom. The van der Waals surface area contributed by atoms with Crippen LogP contribution in [-0.4, -0.2) is 23.2 Å². The number of aryl methyl sites for hydroxylation is 1. The van der Waals surface area contributed by atoms with Crippen LogP contribution in [0.2, 0.25) is 0 Å². The van der Waals surface area contributed by atoms with Gasteiger partial charge in [0.25, 0.3) is 0 Å². The number of fused-ring (bicyclic) bond motifs is 1. The Morgan fingerprint density at radius 1 is 1.39 bits per heavy atom. The molecule has 2 aromatic heterocycles. The van der Waals surface area contributed by atoms with Crippen molar-refractivity contribution >= 4 is 39.4 Å². The van der Waals surface area contributed by atoms with Gasteiger partial charge in [0.05, 0.1) is 7.11 Å². The molecule has 0 aliphatic heterocycles. The molecule has 0 unspecified atom stereocenters. The number of rotatable bonds is 5. The first kappa shape index (κ1) is 15.2. The number of hydrogen-bond donors (Lipinski definition) is 1. The molecule has 1 amide bonds. The molecule has 0 saturated heterocycles. The summed E-state index contributed by atoms with van der Waals surface area (Å²) >= 11 is 1.37. The fraction of sp³-hybridized carbons (Fsp3) is 0.188. The Kier molecular flexibility index (Phi) is 4.38. The van der Waals surface area contributed by atoms with Crippen molar-refractivity contribution in [2.45, 2.75) is 13.3 Å². The molecule has 1 aromatic carbocycles. The molecule has 0 atom stereocenters. The largest absolute Gasteiger partial charge is 0.497 e. The number of furan rings is 1. The second-order valence-electron chi connectivity index (χ2n) is 4.73. The van der Waals surface area contributed by atoms with E-state index in [1.165, 1.54) is 17.4 Å². The summed E-state index contributed by atoms with van der Waals surface area (Å²) in [6.07, 6.45) is 3.82. The fourth-order valence-electron chi connectivity index (χ4n) is 2.00. The molecule has 3 rings (SSSR count). The lowest BCUT2D eigenvalue weighted by Crippen LogP contribution is -2.07. The van der Waals surface area contributed by atoms with Crippen LogP contribution in [0.3, 0.4) is 0 Å². The van der Waals surface area contributed by atoms with E-state index in [4.69, 9.17) is 9.15 Å². The normalized spacial score (nSPS) is 11.2. The van der Waals surface area contributed by atoms with Gasteiger partial charge in [-0.05, 0) is 36.8 Å². The number of nitrogens with zero attached hydrogens (tertiary/aromatic N) is 2. The van der Waals surface area contributed by atoms with Crippen molar-refractivity contribution in [3.8, 4) is 5.75 Å². The molecule has 1 N–H and O–H groups in total. The Morgan fingerprint density at radius 2 is 2.26 bits per heavy atom. The summed E-state index contributed by atoms with van der Waals surface area (Å²) in [6, 6.07) is 7.39. The first-order valence-corrected chi connectivity index (χ1v) is 7.88. The van der Waals surface area contributed by atoms with Crippen LogP contribution in [-0.2, 0) is 11.2 Å². The first-order valence-electron chi connectivity index (χ1n) is 7.07. The molecule has 0 spiro atoms. The number of anilines is 1. The van der Waals surface area contributed by atoms with Crippen LogP contribution in [0.15, 0.2) is 34.8 Å². The Balaban J connectivity index is 1.70. The summed E-state index contributed by atoms with van der Waals surface area (Å²) in [6.45, 7) is 1.99. The molecule has 0 bridgehead atoms. The topological polar surface area (TPSA) is 77.2 Å². The molecule has 3 aromatic rings. The van der Waals surface area contributed by atoms with Crippen LogP contribution >= 0.6 is 11.3 Å². The van der Waals surface area contributed by atoms with E-state index in [1.54, 1.807) is 13.2 Å². The maximum atomic E-state index is 11.9. The molecular weight excluding hydrogens is 314 g/mol. The van der Waals surface area contributed by atoms with Crippen LogP contribution in [0, 0.1) is 0 Å². The average molecular weight is 329 g/mol. The van der Waals surface area contributed by atoms with E-state index in [2.05, 4.69) is 15.5 Å². The molecule has 0 aliphatic rings. The number of benzene rings is 1. The molecule has 0 aliphatic carbocycles. The third kappa shape index (κ3) is 3.57. The van der Waals surface area contributed by atoms with Gasteiger partial charge >= 0.3 is 0 Å². The number of aromatic nitrogens is 2. The quantitative estimate of drug-likeness (QED) is 0.725. The van der Waals surface area contributed by atoms with Gasteiger partial charge in [0, 0.05) is 11.5 Å². The molecule has 6 nitrogen and oxygen atoms in total. The van der Waals surface area contributed by atoms with Gasteiger partial charge in [-0.15, -0.1) is 10.2 Å². The van der Waals surface area contributed by atoms with E-state index in [0.717, 1.165) is 28.1 Å². The van der Waals surface area contributed by atoms with Crippen molar-refractivity contribution in [1.29, 1.82) is 0 Å². The minimum atomic E-state index is -0.276. The van der Waals surface area contributed by atoms with Gasteiger partial charge in [0.1, 0.15) is 22.1 Å². The summed E-state index contributed by atoms with van der Waals surface area (Å²) in [7, 11) is 1.61. The van der Waals surface area contributed by atoms with Crippen LogP contribution < -0.4 is 10.1 Å². The monoisotopic (exact) mass is 329 g/mol. The number of carbonyl (C=O) groups excluding carboxylic acids is 1. The molecule has 7 heteroatoms. The van der Waals surface area contributed by atoms with E-state index in [-0.39, 0.29) is 5.91 Å². The van der Waals surface area contributed by atoms with Crippen molar-refractivity contribution in [2.24, 2.45) is 0 Å². The SMILES string of the molecule is CCc1nnc(NC(=O)C=Cc2cc3cc(OC)ccc3o2)s1. The molecule has 2 heterocycles. The standard InChI is InChI=1S/C16H15N3O3S/c1-3-15-18-19-16(23-15)17-14(20)7-5-12-9-10-8-11(21-2)4-6-13(10)22-12/h4-9H,3H2,1-2H3,(H,17,19,20). The van der Waals surface area contributed by atoms with E-state index < -0.39 is 0 Å². The maximum Gasteiger partial charge on any atom is 0.250 e. The third-order valence-electron chi connectivity index (χ3n) is 3.14. The maximum absolute atomic E-state index is 11.9. The minimum Gasteiger partial charge on any atom is -0.497 e. The van der Waals surface area contributed by atoms with Gasteiger partial charge in [-0.3, -0.25) is 10.1 Å². The number of hydrogen-bond acceptors (Lipinski definition) is 6. The van der Waals surface area contributed by atoms with Crippen molar-refractivity contribution in [3.63, 3.8) is 0 Å². The summed E-state index contributed by atoms with van der Waals surface area (Å²) in [5.74, 6) is 1.08. The highest BCUT2D eigenvalue weighted by atomic mass is 32.1. The second-order valence-corrected chi connectivity index (χ2v) is 5.79. The highest BCUT2D eigenvalue weighted by molar-refractivity contribution is 7.15. The van der Waals surface area contributed by atoms with Gasteiger partial charge in [0.2, 0.25) is 11.0 Å². The lowest BCUT2D eigenvalue weighted by molar-refractivity contribution is -0.111. The van der Waals surface area contributed by atoms with Crippen LogP contribution in [0.25, 0.3) is 17.0 Å². The average Bonchev–Trinajstić information content (AvgIpc) is 3.18. The van der Waals surface area contributed by atoms with Gasteiger partial charge in [-0.1, -0.05) is 18.3 Å². The molecule has 0 fully saturated rings. The summed E-state index contributed by atoms with van der Waals surface area (Å²) in [4.78, 5) is 11.9. The zero-order valence-electron chi connectivity index (χ0n) is 12.7. The van der Waals surface area contributed by atoms with E-state index in [0.29, 0.717) is 10.9 Å². The predicted octanol–water partition coefficient (Wildman–Crippen LogP) is 3.51. The lowest BCUT2D eigenvalue weighted by atomic mass is 10.2. The second kappa shape index (κ2) is 6.62. The van der Waals surface area contributed by atoms with Crippen molar-refractivity contribution in [1.82, 2.24) is 10.2 Å². The van der Waals surface area contributed by atoms with Gasteiger partial charge in [-0.2, -0.15) is 0 Å². The van der Waals surface area contributed by atoms with Gasteiger partial charge < -0.3 is 9.15 Å². The smallest absolute Gasteiger partial charge is 0.250 e. The molecule has 0 saturated carbocycles. The Labute approximate surface area is 136 Å². The molecule has 0 radical (unpaired) electrons. The van der Waals surface area contributed by atoms with Crippen LogP contribution in [0.1, 0.15) is 17.7 Å². The van der Waals surface area contributed by atoms with Crippen molar-refractivity contribution in [3.05, 3.63) is 41.1 Å². The summed E-state index contributed by atoms with van der Waals surface area (Å²) in [5, 5.41) is 12.8. The molecule has 23 heavy (non-hydrogen) atoms. The number of carbonyl (C=O) groups is 1. The van der Waals surface area contributed by atoms with Crippen LogP contribution in [0.5, 0.6) is 5.75 Å². The third-order valence-corrected chi connectivity index (χ3v) is 4.12. The zero-order chi connectivity index (χ0) is 16.2. The van der Waals surface area contributed by atoms with Gasteiger partial charge in [0.15, 0.2) is 0 Å². The minimum absolute atomic E-state index is 0.276. The van der Waals surface area contributed by atoms with E-state index in [9.17, 15) is 4.79 Å². The lowest BCUT2D eigenvalue weighted by Gasteiger charge is -1.96. The van der Waals surface area contributed by atoms with Crippen molar-refractivity contribution in [2.75, 3.05) is 12.4 Å². The molecule has 118 valence electrons. The summed E-state index contributed by atoms with van der Waals surface area (Å²) in [5.41, 5.74) is 0.738. The number of amides is 1. The number of nitrogens with one attached hydrogen (secondary N) is 1. The fourth-order valence-corrected chi connectivity index (χ4v) is 2.69. The highest BCUT2D eigenvalue weighted by Crippen LogP contribution is 2.24.